The van der Waals surface area contributed by atoms with Gasteiger partial charge < -0.3 is 21.0 Å². The number of amides is 1. The van der Waals surface area contributed by atoms with Gasteiger partial charge in [-0.25, -0.2) is 4.98 Å². The third kappa shape index (κ3) is 2.59. The predicted molar refractivity (Wildman–Crippen MR) is 69.1 cm³/mol. The molecule has 4 N–H and O–H groups in total. The fraction of sp³-hybridized carbons (Fsp3) is 0.417. The maximum atomic E-state index is 12.1. The molecule has 19 heavy (non-hydrogen) atoms. The van der Waals surface area contributed by atoms with Crippen molar-refractivity contribution in [1.29, 1.82) is 0 Å². The van der Waals surface area contributed by atoms with Crippen molar-refractivity contribution in [3.63, 3.8) is 0 Å². The predicted octanol–water partition coefficient (Wildman–Crippen LogP) is 0.945. The number of hydrogen-bond donors (Lipinski definition) is 3. The summed E-state index contributed by atoms with van der Waals surface area (Å²) in [7, 11) is 0. The van der Waals surface area contributed by atoms with E-state index in [2.05, 4.69) is 15.5 Å². The number of amidine groups is 1. The van der Waals surface area contributed by atoms with E-state index < -0.39 is 5.41 Å². The molecule has 0 aliphatic heterocycles. The Balaban J connectivity index is 2.03. The number of carbonyl (C=O) groups excluding carboxylic acids is 1. The summed E-state index contributed by atoms with van der Waals surface area (Å²) in [4.78, 5) is 16.1. The van der Waals surface area contributed by atoms with Crippen LogP contribution in [0.1, 0.15) is 19.8 Å². The number of anilines is 1. The standard InChI is InChI=1S/C12H16N4O3/c1-2-19-9-4-3-8(7-14-9)15-11(17)12(5-6-12)10(13)16-18/h3-4,7,18H,2,5-6H2,1H3,(H2,13,16)(H,15,17). The fourth-order valence-electron chi connectivity index (χ4n) is 1.76. The van der Waals surface area contributed by atoms with Crippen molar-refractivity contribution < 1.29 is 14.7 Å². The first-order valence-corrected chi connectivity index (χ1v) is 6.00. The molecule has 1 aliphatic rings. The van der Waals surface area contributed by atoms with Crippen molar-refractivity contribution in [3.8, 4) is 5.88 Å². The zero-order valence-corrected chi connectivity index (χ0v) is 10.6. The highest BCUT2D eigenvalue weighted by molar-refractivity contribution is 6.14. The molecule has 0 spiro atoms. The van der Waals surface area contributed by atoms with Crippen LogP contribution in [0.4, 0.5) is 5.69 Å². The van der Waals surface area contributed by atoms with Crippen LogP contribution < -0.4 is 15.8 Å². The molecule has 1 fully saturated rings. The molecule has 0 radical (unpaired) electrons. The lowest BCUT2D eigenvalue weighted by Crippen LogP contribution is -2.36. The van der Waals surface area contributed by atoms with Crippen LogP contribution in [0.2, 0.25) is 0 Å². The molecule has 1 heterocycles. The number of rotatable bonds is 5. The van der Waals surface area contributed by atoms with Crippen molar-refractivity contribution in [2.24, 2.45) is 16.3 Å². The highest BCUT2D eigenvalue weighted by Gasteiger charge is 2.54. The van der Waals surface area contributed by atoms with E-state index in [4.69, 9.17) is 15.7 Å². The zero-order valence-electron chi connectivity index (χ0n) is 10.6. The fourth-order valence-corrected chi connectivity index (χ4v) is 1.76. The largest absolute Gasteiger partial charge is 0.478 e. The molecule has 1 aromatic heterocycles. The Morgan fingerprint density at radius 2 is 2.37 bits per heavy atom. The summed E-state index contributed by atoms with van der Waals surface area (Å²) in [6.45, 7) is 2.40. The van der Waals surface area contributed by atoms with Gasteiger partial charge in [0.1, 0.15) is 5.41 Å². The van der Waals surface area contributed by atoms with Crippen LogP contribution >= 0.6 is 0 Å². The Bertz CT molecular complexity index is 494. The number of pyridine rings is 1. The van der Waals surface area contributed by atoms with Gasteiger partial charge >= 0.3 is 0 Å². The van der Waals surface area contributed by atoms with Gasteiger partial charge in [0.2, 0.25) is 11.8 Å². The highest BCUT2D eigenvalue weighted by atomic mass is 16.5. The van der Waals surface area contributed by atoms with Gasteiger partial charge in [0.05, 0.1) is 18.5 Å². The molecule has 102 valence electrons. The topological polar surface area (TPSA) is 110 Å². The summed E-state index contributed by atoms with van der Waals surface area (Å²) in [6, 6.07) is 3.36. The molecular weight excluding hydrogens is 248 g/mol. The summed E-state index contributed by atoms with van der Waals surface area (Å²) in [5, 5.41) is 14.3. The van der Waals surface area contributed by atoms with Gasteiger partial charge in [-0.15, -0.1) is 0 Å². The summed E-state index contributed by atoms with van der Waals surface area (Å²) in [6.07, 6.45) is 2.67. The van der Waals surface area contributed by atoms with Crippen LogP contribution in [0, 0.1) is 5.41 Å². The Morgan fingerprint density at radius 1 is 1.63 bits per heavy atom. The number of nitrogens with two attached hydrogens (primary N) is 1. The maximum absolute atomic E-state index is 12.1. The second-order valence-electron chi connectivity index (χ2n) is 4.34. The minimum absolute atomic E-state index is 0.0519. The van der Waals surface area contributed by atoms with E-state index in [9.17, 15) is 4.79 Å². The Hall–Kier alpha value is -2.31. The number of aromatic nitrogens is 1. The third-order valence-corrected chi connectivity index (χ3v) is 3.07. The molecule has 1 saturated carbocycles. The zero-order chi connectivity index (χ0) is 13.9. The van der Waals surface area contributed by atoms with Crippen LogP contribution in [-0.4, -0.2) is 28.5 Å². The van der Waals surface area contributed by atoms with Gasteiger partial charge in [-0.3, -0.25) is 4.79 Å². The van der Waals surface area contributed by atoms with E-state index in [0.29, 0.717) is 31.0 Å². The van der Waals surface area contributed by atoms with Crippen LogP contribution in [0.15, 0.2) is 23.5 Å². The summed E-state index contributed by atoms with van der Waals surface area (Å²) < 4.78 is 5.21. The number of ether oxygens (including phenoxy) is 1. The average molecular weight is 264 g/mol. The lowest BCUT2D eigenvalue weighted by atomic mass is 10.1. The van der Waals surface area contributed by atoms with Crippen LogP contribution in [0.25, 0.3) is 0 Å². The number of oxime groups is 1. The average Bonchev–Trinajstić information content (AvgIpc) is 3.22. The van der Waals surface area contributed by atoms with Gasteiger partial charge in [0.25, 0.3) is 0 Å². The van der Waals surface area contributed by atoms with Crippen molar-refractivity contribution in [2.75, 3.05) is 11.9 Å². The molecule has 0 saturated heterocycles. The van der Waals surface area contributed by atoms with Crippen molar-refractivity contribution in [1.82, 2.24) is 4.98 Å². The second-order valence-corrected chi connectivity index (χ2v) is 4.34. The lowest BCUT2D eigenvalue weighted by Gasteiger charge is -2.13. The first-order chi connectivity index (χ1) is 9.12. The highest BCUT2D eigenvalue weighted by Crippen LogP contribution is 2.46. The van der Waals surface area contributed by atoms with Gasteiger partial charge in [0.15, 0.2) is 5.84 Å². The maximum Gasteiger partial charge on any atom is 0.238 e. The SMILES string of the molecule is CCOc1ccc(NC(=O)C2(/C(N)=N/O)CC2)cn1. The van der Waals surface area contributed by atoms with Crippen molar-refractivity contribution in [2.45, 2.75) is 19.8 Å². The Labute approximate surface area is 110 Å². The number of hydrogen-bond acceptors (Lipinski definition) is 5. The molecule has 0 aromatic carbocycles. The normalized spacial score (nSPS) is 16.8. The van der Waals surface area contributed by atoms with Gasteiger partial charge in [-0.2, -0.15) is 0 Å². The molecule has 0 atom stereocenters. The minimum Gasteiger partial charge on any atom is -0.478 e. The summed E-state index contributed by atoms with van der Waals surface area (Å²) in [5.74, 6) is 0.163. The number of carbonyl (C=O) groups is 1. The molecular formula is C12H16N4O3. The van der Waals surface area contributed by atoms with E-state index in [-0.39, 0.29) is 11.7 Å². The second kappa shape index (κ2) is 5.13. The van der Waals surface area contributed by atoms with E-state index in [1.807, 2.05) is 6.92 Å². The van der Waals surface area contributed by atoms with Crippen molar-refractivity contribution in [3.05, 3.63) is 18.3 Å². The van der Waals surface area contributed by atoms with Crippen LogP contribution in [-0.2, 0) is 4.79 Å². The molecule has 1 aromatic rings. The molecule has 7 heteroatoms. The first-order valence-electron chi connectivity index (χ1n) is 6.00. The monoisotopic (exact) mass is 264 g/mol. The van der Waals surface area contributed by atoms with Gasteiger partial charge in [0, 0.05) is 6.07 Å². The van der Waals surface area contributed by atoms with E-state index >= 15 is 0 Å². The lowest BCUT2D eigenvalue weighted by molar-refractivity contribution is -0.119. The van der Waals surface area contributed by atoms with Crippen molar-refractivity contribution >= 4 is 17.4 Å². The minimum atomic E-state index is -0.868. The first kappa shape index (κ1) is 13.1. The molecule has 1 amide bonds. The molecule has 0 bridgehead atoms. The Kier molecular flexibility index (Phi) is 3.55. The molecule has 0 unspecified atom stereocenters. The van der Waals surface area contributed by atoms with Crippen LogP contribution in [0.5, 0.6) is 5.88 Å². The van der Waals surface area contributed by atoms with Gasteiger partial charge in [-0.05, 0) is 25.8 Å². The summed E-state index contributed by atoms with van der Waals surface area (Å²) in [5.41, 5.74) is 5.21. The van der Waals surface area contributed by atoms with E-state index in [0.717, 1.165) is 0 Å². The smallest absolute Gasteiger partial charge is 0.238 e. The van der Waals surface area contributed by atoms with Gasteiger partial charge in [-0.1, -0.05) is 5.16 Å². The number of nitrogens with one attached hydrogen (secondary N) is 1. The Morgan fingerprint density at radius 3 is 2.84 bits per heavy atom. The third-order valence-electron chi connectivity index (χ3n) is 3.07. The van der Waals surface area contributed by atoms with Crippen LogP contribution in [0.3, 0.4) is 0 Å². The summed E-state index contributed by atoms with van der Waals surface area (Å²) >= 11 is 0. The number of nitrogens with zero attached hydrogens (tertiary/aromatic N) is 2. The molecule has 1 aliphatic carbocycles. The van der Waals surface area contributed by atoms with E-state index in [1.165, 1.54) is 6.20 Å². The molecule has 2 rings (SSSR count). The quantitative estimate of drug-likeness (QED) is 0.317. The van der Waals surface area contributed by atoms with E-state index in [1.54, 1.807) is 12.1 Å². The molecule has 7 nitrogen and oxygen atoms in total.